The zero-order valence-corrected chi connectivity index (χ0v) is 17.7. The fourth-order valence-electron chi connectivity index (χ4n) is 2.37. The smallest absolute Gasteiger partial charge is 0.190 e. The van der Waals surface area contributed by atoms with Crippen LogP contribution in [0.4, 0.5) is 0 Å². The first-order valence-electron chi connectivity index (χ1n) is 8.29. The minimum atomic E-state index is 0. The number of ether oxygens (including phenoxy) is 2. The quantitative estimate of drug-likeness (QED) is 0.252. The van der Waals surface area contributed by atoms with Gasteiger partial charge in [0.25, 0.3) is 0 Å². The first-order chi connectivity index (χ1) is 11.3. The molecule has 1 saturated heterocycles. The monoisotopic (exact) mass is 468 g/mol. The molecule has 1 fully saturated rings. The van der Waals surface area contributed by atoms with E-state index < -0.39 is 0 Å². The van der Waals surface area contributed by atoms with E-state index >= 15 is 0 Å². The van der Waals surface area contributed by atoms with Gasteiger partial charge in [0, 0.05) is 56.8 Å². The van der Waals surface area contributed by atoms with E-state index in [-0.39, 0.29) is 24.0 Å². The van der Waals surface area contributed by atoms with Gasteiger partial charge in [-0.05, 0) is 19.8 Å². The van der Waals surface area contributed by atoms with Gasteiger partial charge in [0.15, 0.2) is 5.96 Å². The standard InChI is InChI=1S/C16H28N4O2S.HI/c1-13-10-20-15(23-13)4-7-19-16(17-2)18-6-3-8-21-11-14-5-9-22-12-14;/h10,14H,3-9,11-12H2,1-2H3,(H2,17,18,19);1H. The second kappa shape index (κ2) is 12.8. The Labute approximate surface area is 165 Å². The lowest BCUT2D eigenvalue weighted by molar-refractivity contribution is 0.0888. The average Bonchev–Trinajstić information content (AvgIpc) is 3.20. The molecule has 24 heavy (non-hydrogen) atoms. The largest absolute Gasteiger partial charge is 0.381 e. The number of guanidine groups is 1. The van der Waals surface area contributed by atoms with Crippen LogP contribution in [0, 0.1) is 12.8 Å². The molecule has 138 valence electrons. The highest BCUT2D eigenvalue weighted by atomic mass is 127. The Bertz CT molecular complexity index is 478. The van der Waals surface area contributed by atoms with Gasteiger partial charge in [-0.2, -0.15) is 0 Å². The molecule has 1 atom stereocenters. The SMILES string of the molecule is CN=C(NCCCOCC1CCOC1)NCCc1ncc(C)s1.I. The third-order valence-corrected chi connectivity index (χ3v) is 4.63. The van der Waals surface area contributed by atoms with Crippen LogP contribution in [0.5, 0.6) is 0 Å². The molecule has 0 radical (unpaired) electrons. The van der Waals surface area contributed by atoms with Gasteiger partial charge >= 0.3 is 0 Å². The molecule has 2 N–H and O–H groups in total. The third kappa shape index (κ3) is 8.59. The summed E-state index contributed by atoms with van der Waals surface area (Å²) < 4.78 is 11.0. The highest BCUT2D eigenvalue weighted by molar-refractivity contribution is 14.0. The molecular weight excluding hydrogens is 439 g/mol. The second-order valence-electron chi connectivity index (χ2n) is 5.70. The molecular formula is C16H29IN4O2S. The van der Waals surface area contributed by atoms with E-state index in [1.165, 1.54) is 4.88 Å². The van der Waals surface area contributed by atoms with Crippen molar-refractivity contribution in [3.05, 3.63) is 16.1 Å². The van der Waals surface area contributed by atoms with Gasteiger partial charge in [0.2, 0.25) is 0 Å². The molecule has 6 nitrogen and oxygen atoms in total. The molecule has 1 aliphatic rings. The van der Waals surface area contributed by atoms with E-state index in [4.69, 9.17) is 9.47 Å². The van der Waals surface area contributed by atoms with Crippen LogP contribution in [0.25, 0.3) is 0 Å². The maximum atomic E-state index is 5.69. The number of hydrogen-bond acceptors (Lipinski definition) is 5. The van der Waals surface area contributed by atoms with Crippen molar-refractivity contribution in [1.29, 1.82) is 0 Å². The van der Waals surface area contributed by atoms with Crippen LogP contribution in [0.2, 0.25) is 0 Å². The van der Waals surface area contributed by atoms with Gasteiger partial charge in [-0.25, -0.2) is 4.98 Å². The summed E-state index contributed by atoms with van der Waals surface area (Å²) in [6.45, 7) is 7.11. The summed E-state index contributed by atoms with van der Waals surface area (Å²) >= 11 is 1.75. The highest BCUT2D eigenvalue weighted by Gasteiger charge is 2.15. The molecule has 0 amide bonds. The van der Waals surface area contributed by atoms with E-state index in [9.17, 15) is 0 Å². The zero-order chi connectivity index (χ0) is 16.3. The molecule has 1 aromatic rings. The van der Waals surface area contributed by atoms with Gasteiger partial charge in [0.1, 0.15) is 0 Å². The summed E-state index contributed by atoms with van der Waals surface area (Å²) in [6, 6.07) is 0. The van der Waals surface area contributed by atoms with Crippen LogP contribution < -0.4 is 10.6 Å². The molecule has 0 spiro atoms. The summed E-state index contributed by atoms with van der Waals surface area (Å²) in [4.78, 5) is 9.84. The Hall–Kier alpha value is -0.450. The van der Waals surface area contributed by atoms with Crippen molar-refractivity contribution in [2.24, 2.45) is 10.9 Å². The van der Waals surface area contributed by atoms with E-state index in [1.807, 2.05) is 6.20 Å². The average molecular weight is 468 g/mol. The van der Waals surface area contributed by atoms with Crippen molar-refractivity contribution in [2.75, 3.05) is 46.6 Å². The predicted molar refractivity (Wildman–Crippen MR) is 110 cm³/mol. The Kier molecular flexibility index (Phi) is 11.6. The van der Waals surface area contributed by atoms with Gasteiger partial charge in [-0.3, -0.25) is 4.99 Å². The first-order valence-corrected chi connectivity index (χ1v) is 9.11. The minimum Gasteiger partial charge on any atom is -0.381 e. The number of halogens is 1. The zero-order valence-electron chi connectivity index (χ0n) is 14.5. The van der Waals surface area contributed by atoms with E-state index in [2.05, 4.69) is 27.5 Å². The molecule has 1 aromatic heterocycles. The van der Waals surface area contributed by atoms with Crippen LogP contribution in [0.15, 0.2) is 11.2 Å². The Morgan fingerprint density at radius 1 is 1.46 bits per heavy atom. The number of nitrogens with one attached hydrogen (secondary N) is 2. The van der Waals surface area contributed by atoms with Gasteiger partial charge in [-0.15, -0.1) is 35.3 Å². The number of aromatic nitrogens is 1. The minimum absolute atomic E-state index is 0. The first kappa shape index (κ1) is 21.6. The van der Waals surface area contributed by atoms with Crippen molar-refractivity contribution in [3.8, 4) is 0 Å². The summed E-state index contributed by atoms with van der Waals surface area (Å²) in [5, 5.41) is 7.78. The molecule has 0 aliphatic carbocycles. The van der Waals surface area contributed by atoms with Crippen molar-refractivity contribution in [2.45, 2.75) is 26.2 Å². The van der Waals surface area contributed by atoms with Gasteiger partial charge in [-0.1, -0.05) is 0 Å². The van der Waals surface area contributed by atoms with Crippen LogP contribution in [-0.2, 0) is 15.9 Å². The predicted octanol–water partition coefficient (Wildman–Crippen LogP) is 2.22. The third-order valence-electron chi connectivity index (χ3n) is 3.66. The fraction of sp³-hybridized carbons (Fsp3) is 0.750. The Morgan fingerprint density at radius 3 is 2.96 bits per heavy atom. The maximum Gasteiger partial charge on any atom is 0.190 e. The Morgan fingerprint density at radius 2 is 2.29 bits per heavy atom. The van der Waals surface area contributed by atoms with Gasteiger partial charge < -0.3 is 20.1 Å². The molecule has 2 rings (SSSR count). The maximum absolute atomic E-state index is 5.69. The van der Waals surface area contributed by atoms with E-state index in [0.29, 0.717) is 5.92 Å². The van der Waals surface area contributed by atoms with E-state index in [1.54, 1.807) is 18.4 Å². The molecule has 2 heterocycles. The Balaban J connectivity index is 0.00000288. The molecule has 1 aliphatic heterocycles. The van der Waals surface area contributed by atoms with Crippen molar-refractivity contribution in [1.82, 2.24) is 15.6 Å². The van der Waals surface area contributed by atoms with Crippen LogP contribution in [0.1, 0.15) is 22.7 Å². The van der Waals surface area contributed by atoms with E-state index in [0.717, 1.165) is 69.7 Å². The summed E-state index contributed by atoms with van der Waals surface area (Å²) in [7, 11) is 1.79. The molecule has 0 bridgehead atoms. The molecule has 8 heteroatoms. The van der Waals surface area contributed by atoms with Crippen molar-refractivity contribution in [3.63, 3.8) is 0 Å². The molecule has 0 aromatic carbocycles. The number of thiazole rings is 1. The van der Waals surface area contributed by atoms with Crippen LogP contribution in [-0.4, -0.2) is 57.5 Å². The van der Waals surface area contributed by atoms with Crippen molar-refractivity contribution >= 4 is 41.3 Å². The van der Waals surface area contributed by atoms with Crippen LogP contribution >= 0.6 is 35.3 Å². The number of aryl methyl sites for hydroxylation is 1. The number of nitrogens with zero attached hydrogens (tertiary/aromatic N) is 2. The number of hydrogen-bond donors (Lipinski definition) is 2. The summed E-state index contributed by atoms with van der Waals surface area (Å²) in [6.07, 6.45) is 4.95. The fourth-order valence-corrected chi connectivity index (χ4v) is 3.16. The lowest BCUT2D eigenvalue weighted by atomic mass is 10.1. The number of rotatable bonds is 9. The van der Waals surface area contributed by atoms with Gasteiger partial charge in [0.05, 0.1) is 18.2 Å². The van der Waals surface area contributed by atoms with Crippen LogP contribution in [0.3, 0.4) is 0 Å². The lowest BCUT2D eigenvalue weighted by Gasteiger charge is -2.12. The second-order valence-corrected chi connectivity index (χ2v) is 7.02. The molecule has 1 unspecified atom stereocenters. The molecule has 0 saturated carbocycles. The number of aliphatic imine (C=N–C) groups is 1. The highest BCUT2D eigenvalue weighted by Crippen LogP contribution is 2.12. The summed E-state index contributed by atoms with van der Waals surface area (Å²) in [5.74, 6) is 1.43. The topological polar surface area (TPSA) is 67.8 Å². The summed E-state index contributed by atoms with van der Waals surface area (Å²) in [5.41, 5.74) is 0. The van der Waals surface area contributed by atoms with Crippen molar-refractivity contribution < 1.29 is 9.47 Å². The lowest BCUT2D eigenvalue weighted by Crippen LogP contribution is -2.39. The normalized spacial score (nSPS) is 17.6.